The molecule has 2 nitrogen and oxygen atoms in total. The molecule has 62 valence electrons. The Morgan fingerprint density at radius 2 is 2.25 bits per heavy atom. The van der Waals surface area contributed by atoms with Crippen LogP contribution in [0, 0.1) is 5.82 Å². The summed E-state index contributed by atoms with van der Waals surface area (Å²) < 4.78 is 13.0. The van der Waals surface area contributed by atoms with Gasteiger partial charge in [-0.25, -0.2) is 4.39 Å². The van der Waals surface area contributed by atoms with Gasteiger partial charge in [0, 0.05) is 18.5 Å². The Labute approximate surface area is 69.4 Å². The van der Waals surface area contributed by atoms with Crippen LogP contribution >= 0.6 is 0 Å². The number of nitrogens with one attached hydrogen (secondary N) is 1. The lowest BCUT2D eigenvalue weighted by molar-refractivity contribution is 0.0983. The highest BCUT2D eigenvalue weighted by molar-refractivity contribution is 6.03. The molecule has 0 unspecified atom stereocenters. The summed E-state index contributed by atoms with van der Waals surface area (Å²) in [5, 5.41) is 2.87. The first kappa shape index (κ1) is 7.28. The highest BCUT2D eigenvalue weighted by Gasteiger charge is 2.18. The molecule has 1 aromatic carbocycles. The van der Waals surface area contributed by atoms with Gasteiger partial charge < -0.3 is 5.32 Å². The molecule has 0 aromatic heterocycles. The van der Waals surface area contributed by atoms with Crippen molar-refractivity contribution in [1.82, 2.24) is 0 Å². The minimum atomic E-state index is -0.347. The molecule has 0 saturated carbocycles. The van der Waals surface area contributed by atoms with Crippen LogP contribution in [-0.4, -0.2) is 12.3 Å². The summed E-state index contributed by atoms with van der Waals surface area (Å²) in [7, 11) is 0. The van der Waals surface area contributed by atoms with Gasteiger partial charge in [0.25, 0.3) is 0 Å². The number of carbonyl (C=O) groups is 1. The quantitative estimate of drug-likeness (QED) is 0.635. The van der Waals surface area contributed by atoms with E-state index >= 15 is 0 Å². The first-order chi connectivity index (χ1) is 5.79. The normalized spacial score (nSPS) is 15.2. The number of Topliss-reactive ketones (excluding diaryl/α,β-unsaturated/α-hetero) is 1. The van der Waals surface area contributed by atoms with Crippen LogP contribution < -0.4 is 5.32 Å². The van der Waals surface area contributed by atoms with Gasteiger partial charge in [-0.2, -0.15) is 0 Å². The maximum atomic E-state index is 13.0. The van der Waals surface area contributed by atoms with Gasteiger partial charge in [0.2, 0.25) is 0 Å². The Morgan fingerprint density at radius 1 is 1.42 bits per heavy atom. The number of halogens is 1. The van der Waals surface area contributed by atoms with Crippen LogP contribution in [0.4, 0.5) is 10.1 Å². The van der Waals surface area contributed by atoms with Gasteiger partial charge in [0.1, 0.15) is 5.82 Å². The first-order valence-electron chi connectivity index (χ1n) is 3.84. The summed E-state index contributed by atoms with van der Waals surface area (Å²) in [5.41, 5.74) is 0.829. The van der Waals surface area contributed by atoms with Crippen molar-refractivity contribution in [2.75, 3.05) is 11.9 Å². The monoisotopic (exact) mass is 165 g/mol. The van der Waals surface area contributed by atoms with Crippen LogP contribution in [0.5, 0.6) is 0 Å². The number of fused-ring (bicyclic) bond motifs is 1. The van der Waals surface area contributed by atoms with Crippen LogP contribution in [0.25, 0.3) is 0 Å². The third kappa shape index (κ3) is 0.978. The molecule has 0 aliphatic carbocycles. The van der Waals surface area contributed by atoms with E-state index in [1.54, 1.807) is 12.1 Å². The number of anilines is 1. The lowest BCUT2D eigenvalue weighted by atomic mass is 10.0. The average molecular weight is 165 g/mol. The third-order valence-corrected chi connectivity index (χ3v) is 1.97. The molecule has 0 spiro atoms. The Bertz CT molecular complexity index is 335. The SMILES string of the molecule is O=C1CCNc2c(F)cccc21. The van der Waals surface area contributed by atoms with Crippen LogP contribution in [0.15, 0.2) is 18.2 Å². The molecular weight excluding hydrogens is 157 g/mol. The van der Waals surface area contributed by atoms with Crippen molar-refractivity contribution in [3.8, 4) is 0 Å². The van der Waals surface area contributed by atoms with Gasteiger partial charge in [0.15, 0.2) is 5.78 Å². The zero-order valence-electron chi connectivity index (χ0n) is 6.43. The molecule has 0 saturated heterocycles. The molecule has 12 heavy (non-hydrogen) atoms. The van der Waals surface area contributed by atoms with Crippen LogP contribution in [0.3, 0.4) is 0 Å². The fourth-order valence-corrected chi connectivity index (χ4v) is 1.37. The number of carbonyl (C=O) groups excluding carboxylic acids is 1. The van der Waals surface area contributed by atoms with E-state index in [-0.39, 0.29) is 11.6 Å². The molecule has 2 rings (SSSR count). The standard InChI is InChI=1S/C9H8FNO/c10-7-3-1-2-6-8(12)4-5-11-9(6)7/h1-3,11H,4-5H2. The largest absolute Gasteiger partial charge is 0.382 e. The van der Waals surface area contributed by atoms with E-state index in [9.17, 15) is 9.18 Å². The van der Waals surface area contributed by atoms with Crippen molar-refractivity contribution in [3.63, 3.8) is 0 Å². The van der Waals surface area contributed by atoms with Gasteiger partial charge >= 0.3 is 0 Å². The fourth-order valence-electron chi connectivity index (χ4n) is 1.37. The van der Waals surface area contributed by atoms with E-state index in [1.807, 2.05) is 0 Å². The number of benzene rings is 1. The average Bonchev–Trinajstić information content (AvgIpc) is 2.07. The summed E-state index contributed by atoms with van der Waals surface area (Å²) in [6.45, 7) is 0.534. The van der Waals surface area contributed by atoms with E-state index in [0.29, 0.717) is 24.2 Å². The van der Waals surface area contributed by atoms with E-state index in [1.165, 1.54) is 6.07 Å². The van der Waals surface area contributed by atoms with E-state index in [2.05, 4.69) is 5.32 Å². The van der Waals surface area contributed by atoms with Crippen molar-refractivity contribution in [1.29, 1.82) is 0 Å². The maximum Gasteiger partial charge on any atom is 0.166 e. The molecule has 0 atom stereocenters. The van der Waals surface area contributed by atoms with Crippen LogP contribution in [0.1, 0.15) is 16.8 Å². The fraction of sp³-hybridized carbons (Fsp3) is 0.222. The molecule has 1 N–H and O–H groups in total. The zero-order chi connectivity index (χ0) is 8.55. The molecule has 1 aromatic rings. The van der Waals surface area contributed by atoms with Gasteiger partial charge in [0.05, 0.1) is 5.69 Å². The molecule has 1 aliphatic rings. The summed E-state index contributed by atoms with van der Waals surface area (Å²) in [6, 6.07) is 4.55. The Balaban J connectivity index is 2.59. The Hall–Kier alpha value is -1.38. The molecular formula is C9H8FNO. The second kappa shape index (κ2) is 2.59. The van der Waals surface area contributed by atoms with Gasteiger partial charge in [-0.1, -0.05) is 6.07 Å². The minimum Gasteiger partial charge on any atom is -0.382 e. The van der Waals surface area contributed by atoms with Crippen molar-refractivity contribution in [3.05, 3.63) is 29.6 Å². The minimum absolute atomic E-state index is 0.0169. The summed E-state index contributed by atoms with van der Waals surface area (Å²) in [6.07, 6.45) is 0.455. The van der Waals surface area contributed by atoms with Crippen LogP contribution in [-0.2, 0) is 0 Å². The topological polar surface area (TPSA) is 29.1 Å². The zero-order valence-corrected chi connectivity index (χ0v) is 6.43. The van der Waals surface area contributed by atoms with Crippen LogP contribution in [0.2, 0.25) is 0 Å². The maximum absolute atomic E-state index is 13.0. The third-order valence-electron chi connectivity index (χ3n) is 1.97. The number of hydrogen-bond donors (Lipinski definition) is 1. The summed E-state index contributed by atoms with van der Waals surface area (Å²) >= 11 is 0. The smallest absolute Gasteiger partial charge is 0.166 e. The van der Waals surface area contributed by atoms with E-state index in [4.69, 9.17) is 0 Å². The number of para-hydroxylation sites is 1. The number of rotatable bonds is 0. The number of hydrogen-bond acceptors (Lipinski definition) is 2. The predicted molar refractivity (Wildman–Crippen MR) is 43.8 cm³/mol. The van der Waals surface area contributed by atoms with Gasteiger partial charge in [-0.15, -0.1) is 0 Å². The second-order valence-corrected chi connectivity index (χ2v) is 2.76. The molecule has 0 bridgehead atoms. The lowest BCUT2D eigenvalue weighted by Gasteiger charge is -2.16. The number of ketones is 1. The molecule has 3 heteroatoms. The second-order valence-electron chi connectivity index (χ2n) is 2.76. The van der Waals surface area contributed by atoms with Gasteiger partial charge in [-0.05, 0) is 12.1 Å². The Morgan fingerprint density at radius 3 is 3.00 bits per heavy atom. The van der Waals surface area contributed by atoms with Crippen molar-refractivity contribution in [2.24, 2.45) is 0 Å². The Kier molecular flexibility index (Phi) is 1.57. The van der Waals surface area contributed by atoms with Crippen molar-refractivity contribution >= 4 is 11.5 Å². The molecule has 1 heterocycles. The highest BCUT2D eigenvalue weighted by Crippen LogP contribution is 2.24. The summed E-state index contributed by atoms with van der Waals surface area (Å²) in [5.74, 6) is -0.330. The molecule has 0 fully saturated rings. The van der Waals surface area contributed by atoms with Crippen molar-refractivity contribution in [2.45, 2.75) is 6.42 Å². The van der Waals surface area contributed by atoms with Gasteiger partial charge in [-0.3, -0.25) is 4.79 Å². The van der Waals surface area contributed by atoms with E-state index < -0.39 is 0 Å². The molecule has 1 aliphatic heterocycles. The summed E-state index contributed by atoms with van der Waals surface area (Å²) in [4.78, 5) is 11.2. The molecule has 0 amide bonds. The highest BCUT2D eigenvalue weighted by atomic mass is 19.1. The van der Waals surface area contributed by atoms with E-state index in [0.717, 1.165) is 0 Å². The molecule has 0 radical (unpaired) electrons. The predicted octanol–water partition coefficient (Wildman–Crippen LogP) is 1.82. The van der Waals surface area contributed by atoms with Crippen molar-refractivity contribution < 1.29 is 9.18 Å². The first-order valence-corrected chi connectivity index (χ1v) is 3.84. The lowest BCUT2D eigenvalue weighted by Crippen LogP contribution is -2.18.